The largest absolute Gasteiger partial charge is 0.351 e. The number of benzene rings is 1. The fourth-order valence-corrected chi connectivity index (χ4v) is 3.35. The molecule has 2 amide bonds. The molecule has 6 nitrogen and oxygen atoms in total. The van der Waals surface area contributed by atoms with Crippen LogP contribution >= 0.6 is 0 Å². The number of amides is 2. The number of nitrogens with zero attached hydrogens (tertiary/aromatic N) is 2. The number of halogens is 1. The molecule has 1 aliphatic rings. The molecule has 0 aliphatic carbocycles. The van der Waals surface area contributed by atoms with Crippen molar-refractivity contribution in [2.24, 2.45) is 5.92 Å². The zero-order chi connectivity index (χ0) is 20.1. The van der Waals surface area contributed by atoms with Crippen LogP contribution in [-0.2, 0) is 19.5 Å². The van der Waals surface area contributed by atoms with Crippen molar-refractivity contribution in [3.63, 3.8) is 0 Å². The highest BCUT2D eigenvalue weighted by Gasteiger charge is 2.27. The molecule has 3 rings (SSSR count). The quantitative estimate of drug-likeness (QED) is 0.768. The summed E-state index contributed by atoms with van der Waals surface area (Å²) in [5.41, 5.74) is 1.55. The van der Waals surface area contributed by atoms with Crippen LogP contribution in [0.4, 0.5) is 4.39 Å². The van der Waals surface area contributed by atoms with Gasteiger partial charge in [0.05, 0.1) is 5.69 Å². The number of hydrogen-bond donors (Lipinski definition) is 2. The fraction of sp³-hybridized carbons (Fsp3) is 0.476. The minimum absolute atomic E-state index is 0.0730. The first-order valence-electron chi connectivity index (χ1n) is 9.86. The lowest BCUT2D eigenvalue weighted by Crippen LogP contribution is -2.28. The van der Waals surface area contributed by atoms with Crippen LogP contribution in [-0.4, -0.2) is 27.9 Å². The van der Waals surface area contributed by atoms with E-state index in [4.69, 9.17) is 0 Å². The molecule has 0 fully saturated rings. The van der Waals surface area contributed by atoms with E-state index in [0.29, 0.717) is 30.3 Å². The van der Waals surface area contributed by atoms with Gasteiger partial charge in [0.15, 0.2) is 5.82 Å². The molecule has 150 valence electrons. The Kier molecular flexibility index (Phi) is 6.44. The summed E-state index contributed by atoms with van der Waals surface area (Å²) >= 11 is 0. The fourth-order valence-electron chi connectivity index (χ4n) is 3.35. The molecule has 2 heterocycles. The Bertz CT molecular complexity index is 860. The summed E-state index contributed by atoms with van der Waals surface area (Å²) in [5, 5.41) is 5.62. The molecule has 7 heteroatoms. The van der Waals surface area contributed by atoms with Crippen molar-refractivity contribution in [1.82, 2.24) is 20.2 Å². The number of hydrogen-bond acceptors (Lipinski definition) is 3. The number of imidazole rings is 1. The Hall–Kier alpha value is -2.70. The molecule has 0 spiro atoms. The van der Waals surface area contributed by atoms with Crippen LogP contribution in [0.15, 0.2) is 24.3 Å². The van der Waals surface area contributed by atoms with Crippen LogP contribution in [0.5, 0.6) is 0 Å². The van der Waals surface area contributed by atoms with Crippen LogP contribution in [0, 0.1) is 11.7 Å². The first-order valence-corrected chi connectivity index (χ1v) is 9.86. The lowest BCUT2D eigenvalue weighted by Gasteiger charge is -2.17. The van der Waals surface area contributed by atoms with Gasteiger partial charge < -0.3 is 15.2 Å². The minimum atomic E-state index is -0.396. The third kappa shape index (κ3) is 4.58. The standard InChI is InChI=1S/C21H27FN4O2/c1-14(2)10-11-23-20(27)18-17-9-5-6-12-26(17)19(25-18)21(28)24-13-15-7-3-4-8-16(15)22/h3-4,7-8,14H,5-6,9-13H2,1-2H3,(H,23,27)(H,24,28). The number of aromatic nitrogens is 2. The Labute approximate surface area is 164 Å². The molecule has 1 aromatic heterocycles. The van der Waals surface area contributed by atoms with E-state index in [0.717, 1.165) is 31.4 Å². The number of carbonyl (C=O) groups is 2. The molecular formula is C21H27FN4O2. The zero-order valence-corrected chi connectivity index (χ0v) is 16.4. The highest BCUT2D eigenvalue weighted by Crippen LogP contribution is 2.21. The maximum atomic E-state index is 13.8. The van der Waals surface area contributed by atoms with E-state index in [1.54, 1.807) is 18.2 Å². The van der Waals surface area contributed by atoms with Gasteiger partial charge in [0.1, 0.15) is 11.5 Å². The van der Waals surface area contributed by atoms with Gasteiger partial charge in [-0.05, 0) is 37.7 Å². The molecule has 2 aromatic rings. The summed E-state index contributed by atoms with van der Waals surface area (Å²) in [7, 11) is 0. The van der Waals surface area contributed by atoms with E-state index in [-0.39, 0.29) is 24.1 Å². The Morgan fingerprint density at radius 3 is 2.71 bits per heavy atom. The van der Waals surface area contributed by atoms with Crippen LogP contribution in [0.3, 0.4) is 0 Å². The topological polar surface area (TPSA) is 76.0 Å². The van der Waals surface area contributed by atoms with E-state index in [1.165, 1.54) is 6.07 Å². The van der Waals surface area contributed by atoms with Crippen LogP contribution in [0.25, 0.3) is 0 Å². The van der Waals surface area contributed by atoms with Crippen molar-refractivity contribution in [3.05, 3.63) is 52.9 Å². The van der Waals surface area contributed by atoms with Gasteiger partial charge in [0.2, 0.25) is 0 Å². The van der Waals surface area contributed by atoms with E-state index < -0.39 is 5.91 Å². The minimum Gasteiger partial charge on any atom is -0.351 e. The molecule has 28 heavy (non-hydrogen) atoms. The van der Waals surface area contributed by atoms with E-state index in [9.17, 15) is 14.0 Å². The zero-order valence-electron chi connectivity index (χ0n) is 16.4. The molecule has 0 bridgehead atoms. The summed E-state index contributed by atoms with van der Waals surface area (Å²) in [6.07, 6.45) is 3.51. The van der Waals surface area contributed by atoms with Gasteiger partial charge in [-0.1, -0.05) is 32.0 Å². The van der Waals surface area contributed by atoms with Crippen molar-refractivity contribution >= 4 is 11.8 Å². The van der Waals surface area contributed by atoms with Gasteiger partial charge in [0.25, 0.3) is 11.8 Å². The average molecular weight is 386 g/mol. The first-order chi connectivity index (χ1) is 13.5. The SMILES string of the molecule is CC(C)CCNC(=O)c1nc(C(=O)NCc2ccccc2F)n2c1CCCC2. The summed E-state index contributed by atoms with van der Waals surface area (Å²) in [6.45, 7) is 5.51. The second-order valence-corrected chi connectivity index (χ2v) is 7.55. The molecule has 2 N–H and O–H groups in total. The third-order valence-corrected chi connectivity index (χ3v) is 4.94. The Morgan fingerprint density at radius 2 is 1.96 bits per heavy atom. The van der Waals surface area contributed by atoms with Crippen molar-refractivity contribution < 1.29 is 14.0 Å². The Balaban J connectivity index is 1.75. The second kappa shape index (κ2) is 8.99. The van der Waals surface area contributed by atoms with Gasteiger partial charge in [0, 0.05) is 25.2 Å². The number of fused-ring (bicyclic) bond motifs is 1. The van der Waals surface area contributed by atoms with Gasteiger partial charge in [-0.25, -0.2) is 9.37 Å². The summed E-state index contributed by atoms with van der Waals surface area (Å²) < 4.78 is 15.6. The lowest BCUT2D eigenvalue weighted by molar-refractivity contribution is 0.0934. The predicted molar refractivity (Wildman–Crippen MR) is 105 cm³/mol. The second-order valence-electron chi connectivity index (χ2n) is 7.55. The van der Waals surface area contributed by atoms with Crippen LogP contribution < -0.4 is 10.6 Å². The van der Waals surface area contributed by atoms with Crippen molar-refractivity contribution in [1.29, 1.82) is 0 Å². The summed E-state index contributed by atoms with van der Waals surface area (Å²) in [4.78, 5) is 29.7. The maximum absolute atomic E-state index is 13.8. The molecule has 1 aliphatic heterocycles. The normalized spacial score (nSPS) is 13.3. The predicted octanol–water partition coefficient (Wildman–Crippen LogP) is 3.06. The molecule has 1 aromatic carbocycles. The van der Waals surface area contributed by atoms with E-state index >= 15 is 0 Å². The monoisotopic (exact) mass is 386 g/mol. The van der Waals surface area contributed by atoms with Crippen LogP contribution in [0.1, 0.15) is 65.5 Å². The molecule has 0 saturated carbocycles. The summed E-state index contributed by atoms with van der Waals surface area (Å²) in [5.74, 6) is -0.277. The van der Waals surface area contributed by atoms with Crippen molar-refractivity contribution in [2.45, 2.75) is 52.6 Å². The van der Waals surface area contributed by atoms with Gasteiger partial charge in [-0.3, -0.25) is 9.59 Å². The van der Waals surface area contributed by atoms with Gasteiger partial charge in [-0.2, -0.15) is 0 Å². The maximum Gasteiger partial charge on any atom is 0.287 e. The lowest BCUT2D eigenvalue weighted by atomic mass is 10.1. The highest BCUT2D eigenvalue weighted by atomic mass is 19.1. The molecule has 0 unspecified atom stereocenters. The number of nitrogens with one attached hydrogen (secondary N) is 2. The van der Waals surface area contributed by atoms with Crippen LogP contribution in [0.2, 0.25) is 0 Å². The van der Waals surface area contributed by atoms with E-state index in [1.807, 2.05) is 4.57 Å². The number of carbonyl (C=O) groups excluding carboxylic acids is 2. The smallest absolute Gasteiger partial charge is 0.287 e. The number of rotatable bonds is 7. The van der Waals surface area contributed by atoms with Crippen molar-refractivity contribution in [2.75, 3.05) is 6.54 Å². The molecular weight excluding hydrogens is 359 g/mol. The first kappa shape index (κ1) is 20.0. The average Bonchev–Trinajstić information content (AvgIpc) is 3.07. The van der Waals surface area contributed by atoms with E-state index in [2.05, 4.69) is 29.5 Å². The van der Waals surface area contributed by atoms with Gasteiger partial charge in [-0.15, -0.1) is 0 Å². The summed E-state index contributed by atoms with van der Waals surface area (Å²) in [6, 6.07) is 6.32. The van der Waals surface area contributed by atoms with Crippen molar-refractivity contribution in [3.8, 4) is 0 Å². The molecule has 0 radical (unpaired) electrons. The Morgan fingerprint density at radius 1 is 1.18 bits per heavy atom. The van der Waals surface area contributed by atoms with Gasteiger partial charge >= 0.3 is 0 Å². The molecule has 0 atom stereocenters. The molecule has 0 saturated heterocycles. The highest BCUT2D eigenvalue weighted by molar-refractivity contribution is 5.97. The third-order valence-electron chi connectivity index (χ3n) is 4.94.